The summed E-state index contributed by atoms with van der Waals surface area (Å²) in [6.07, 6.45) is 2.71. The van der Waals surface area contributed by atoms with Gasteiger partial charge in [-0.05, 0) is 5.92 Å². The highest BCUT2D eigenvalue weighted by Crippen LogP contribution is 2.08. The van der Waals surface area contributed by atoms with E-state index in [1.807, 2.05) is 6.07 Å². The van der Waals surface area contributed by atoms with Crippen LogP contribution in [0.5, 0.6) is 0 Å². The van der Waals surface area contributed by atoms with Gasteiger partial charge >= 0.3 is 0 Å². The maximum Gasteiger partial charge on any atom is 0.221 e. The molecule has 0 fully saturated rings. The molecule has 1 atom stereocenters. The number of hydrogen-bond acceptors (Lipinski definition) is 2. The van der Waals surface area contributed by atoms with Crippen molar-refractivity contribution in [2.45, 2.75) is 33.1 Å². The third-order valence-corrected chi connectivity index (χ3v) is 1.68. The molecule has 3 heteroatoms. The maximum absolute atomic E-state index is 11.0. The van der Waals surface area contributed by atoms with Gasteiger partial charge in [-0.2, -0.15) is 5.26 Å². The lowest BCUT2D eigenvalue weighted by Gasteiger charge is -2.08. The molecule has 68 valence electrons. The van der Waals surface area contributed by atoms with Gasteiger partial charge in [0, 0.05) is 6.42 Å². The minimum Gasteiger partial charge on any atom is -0.343 e. The predicted octanol–water partition coefficient (Wildman–Crippen LogP) is 1.45. The average Bonchev–Trinajstić information content (AvgIpc) is 2.01. The van der Waals surface area contributed by atoms with E-state index in [1.54, 1.807) is 0 Å². The van der Waals surface area contributed by atoms with E-state index in [-0.39, 0.29) is 12.5 Å². The molecule has 0 unspecified atom stereocenters. The Labute approximate surface area is 73.8 Å². The quantitative estimate of drug-likeness (QED) is 0.632. The number of hydrogen-bond donors (Lipinski definition) is 1. The second-order valence-electron chi connectivity index (χ2n) is 3.03. The van der Waals surface area contributed by atoms with E-state index < -0.39 is 0 Å². The number of nitrogens with one attached hydrogen (secondary N) is 1. The van der Waals surface area contributed by atoms with Gasteiger partial charge in [0.1, 0.15) is 6.54 Å². The van der Waals surface area contributed by atoms with Crippen LogP contribution >= 0.6 is 0 Å². The van der Waals surface area contributed by atoms with Gasteiger partial charge in [0.05, 0.1) is 6.07 Å². The van der Waals surface area contributed by atoms with Gasteiger partial charge in [-0.25, -0.2) is 0 Å². The van der Waals surface area contributed by atoms with Gasteiger partial charge in [-0.1, -0.05) is 26.7 Å². The van der Waals surface area contributed by atoms with Crippen molar-refractivity contribution in [3.05, 3.63) is 0 Å². The van der Waals surface area contributed by atoms with E-state index in [0.717, 1.165) is 12.8 Å². The standard InChI is InChI=1S/C9H16N2O/c1-3-4-8(2)7-9(12)11-6-5-10/h8H,3-4,6-7H2,1-2H3,(H,11,12)/t8-/m0/s1. The first kappa shape index (κ1) is 11.0. The summed E-state index contributed by atoms with van der Waals surface area (Å²) in [5.74, 6) is 0.409. The molecule has 0 spiro atoms. The van der Waals surface area contributed by atoms with Crippen molar-refractivity contribution in [1.29, 1.82) is 5.26 Å². The molecule has 0 aromatic carbocycles. The number of carbonyl (C=O) groups is 1. The van der Waals surface area contributed by atoms with Crippen molar-refractivity contribution in [1.82, 2.24) is 5.32 Å². The van der Waals surface area contributed by atoms with Gasteiger partial charge in [0.2, 0.25) is 5.91 Å². The molecule has 0 aromatic heterocycles. The lowest BCUT2D eigenvalue weighted by Crippen LogP contribution is -2.25. The molecule has 12 heavy (non-hydrogen) atoms. The fourth-order valence-electron chi connectivity index (χ4n) is 1.12. The van der Waals surface area contributed by atoms with Crippen molar-refractivity contribution in [3.63, 3.8) is 0 Å². The van der Waals surface area contributed by atoms with Crippen molar-refractivity contribution in [2.75, 3.05) is 6.54 Å². The number of rotatable bonds is 5. The smallest absolute Gasteiger partial charge is 0.221 e. The minimum atomic E-state index is -0.0162. The summed E-state index contributed by atoms with van der Waals surface area (Å²) in [5, 5.41) is 10.7. The molecule has 0 bridgehead atoms. The molecule has 0 heterocycles. The van der Waals surface area contributed by atoms with Crippen molar-refractivity contribution < 1.29 is 4.79 Å². The van der Waals surface area contributed by atoms with E-state index in [4.69, 9.17) is 5.26 Å². The first-order chi connectivity index (χ1) is 5.70. The molecular formula is C9H16N2O. The first-order valence-corrected chi connectivity index (χ1v) is 4.34. The lowest BCUT2D eigenvalue weighted by molar-refractivity contribution is -0.121. The van der Waals surface area contributed by atoms with Crippen LogP contribution < -0.4 is 5.32 Å². The summed E-state index contributed by atoms with van der Waals surface area (Å²) < 4.78 is 0. The Kier molecular flexibility index (Phi) is 6.08. The average molecular weight is 168 g/mol. The predicted molar refractivity (Wildman–Crippen MR) is 47.3 cm³/mol. The maximum atomic E-state index is 11.0. The molecule has 0 aliphatic heterocycles. The van der Waals surface area contributed by atoms with Crippen LogP contribution in [-0.2, 0) is 4.79 Å². The summed E-state index contributed by atoms with van der Waals surface area (Å²) in [6.45, 7) is 4.27. The third kappa shape index (κ3) is 5.72. The second kappa shape index (κ2) is 6.66. The fraction of sp³-hybridized carbons (Fsp3) is 0.778. The molecule has 3 nitrogen and oxygen atoms in total. The topological polar surface area (TPSA) is 52.9 Å². The zero-order chi connectivity index (χ0) is 9.40. The third-order valence-electron chi connectivity index (χ3n) is 1.68. The Morgan fingerprint density at radius 3 is 2.83 bits per heavy atom. The van der Waals surface area contributed by atoms with Crippen LogP contribution in [0.25, 0.3) is 0 Å². The molecule has 0 aliphatic rings. The van der Waals surface area contributed by atoms with Gasteiger partial charge in [0.25, 0.3) is 0 Å². The summed E-state index contributed by atoms with van der Waals surface area (Å²) >= 11 is 0. The van der Waals surface area contributed by atoms with Crippen LogP contribution in [0.3, 0.4) is 0 Å². The van der Waals surface area contributed by atoms with E-state index in [1.165, 1.54) is 0 Å². The number of carbonyl (C=O) groups excluding carboxylic acids is 1. The van der Waals surface area contributed by atoms with Crippen LogP contribution in [0.4, 0.5) is 0 Å². The summed E-state index contributed by atoms with van der Waals surface area (Å²) in [7, 11) is 0. The van der Waals surface area contributed by atoms with Gasteiger partial charge in [-0.3, -0.25) is 4.79 Å². The van der Waals surface area contributed by atoms with Crippen LogP contribution in [-0.4, -0.2) is 12.5 Å². The number of nitrogens with zero attached hydrogens (tertiary/aromatic N) is 1. The molecule has 0 radical (unpaired) electrons. The summed E-state index contributed by atoms with van der Waals surface area (Å²) in [5.41, 5.74) is 0. The molecule has 0 aliphatic carbocycles. The zero-order valence-corrected chi connectivity index (χ0v) is 7.76. The largest absolute Gasteiger partial charge is 0.343 e. The summed E-state index contributed by atoms with van der Waals surface area (Å²) in [4.78, 5) is 11.0. The van der Waals surface area contributed by atoms with Crippen molar-refractivity contribution in [2.24, 2.45) is 5.92 Å². The molecule has 1 N–H and O–H groups in total. The van der Waals surface area contributed by atoms with Crippen molar-refractivity contribution >= 4 is 5.91 Å². The molecular weight excluding hydrogens is 152 g/mol. The fourth-order valence-corrected chi connectivity index (χ4v) is 1.12. The molecule has 0 rings (SSSR count). The highest BCUT2D eigenvalue weighted by Gasteiger charge is 2.06. The first-order valence-electron chi connectivity index (χ1n) is 4.34. The highest BCUT2D eigenvalue weighted by atomic mass is 16.1. The Balaban J connectivity index is 3.48. The van der Waals surface area contributed by atoms with E-state index in [2.05, 4.69) is 19.2 Å². The Bertz CT molecular complexity index is 172. The number of amides is 1. The van der Waals surface area contributed by atoms with Crippen LogP contribution in [0.1, 0.15) is 33.1 Å². The molecule has 0 saturated heterocycles. The van der Waals surface area contributed by atoms with Crippen LogP contribution in [0.15, 0.2) is 0 Å². The molecule has 1 amide bonds. The van der Waals surface area contributed by atoms with Gasteiger partial charge in [0.15, 0.2) is 0 Å². The van der Waals surface area contributed by atoms with Crippen LogP contribution in [0.2, 0.25) is 0 Å². The Morgan fingerprint density at radius 1 is 1.67 bits per heavy atom. The molecule has 0 aromatic rings. The lowest BCUT2D eigenvalue weighted by atomic mass is 10.0. The highest BCUT2D eigenvalue weighted by molar-refractivity contribution is 5.76. The Hall–Kier alpha value is -1.04. The SMILES string of the molecule is CCC[C@H](C)CC(=O)NCC#N. The zero-order valence-electron chi connectivity index (χ0n) is 7.76. The molecule has 0 saturated carbocycles. The van der Waals surface area contributed by atoms with E-state index in [9.17, 15) is 4.79 Å². The minimum absolute atomic E-state index is 0.0162. The van der Waals surface area contributed by atoms with Crippen LogP contribution in [0, 0.1) is 17.2 Å². The second-order valence-corrected chi connectivity index (χ2v) is 3.03. The Morgan fingerprint density at radius 2 is 2.33 bits per heavy atom. The van der Waals surface area contributed by atoms with Gasteiger partial charge in [-0.15, -0.1) is 0 Å². The summed E-state index contributed by atoms with van der Waals surface area (Å²) in [6, 6.07) is 1.87. The number of nitriles is 1. The van der Waals surface area contributed by atoms with Crippen molar-refractivity contribution in [3.8, 4) is 6.07 Å². The monoisotopic (exact) mass is 168 g/mol. The normalized spacial score (nSPS) is 11.8. The van der Waals surface area contributed by atoms with E-state index >= 15 is 0 Å². The van der Waals surface area contributed by atoms with Gasteiger partial charge < -0.3 is 5.32 Å². The van der Waals surface area contributed by atoms with E-state index in [0.29, 0.717) is 12.3 Å².